The Kier molecular flexibility index (Phi) is 4.79. The lowest BCUT2D eigenvalue weighted by Crippen LogP contribution is -2.28. The molecule has 0 bridgehead atoms. The van der Waals surface area contributed by atoms with Gasteiger partial charge in [0.25, 0.3) is 0 Å². The minimum atomic E-state index is 0.547. The Morgan fingerprint density at radius 3 is 2.71 bits per heavy atom. The van der Waals surface area contributed by atoms with Crippen molar-refractivity contribution in [1.29, 1.82) is 0 Å². The highest BCUT2D eigenvalue weighted by Crippen LogP contribution is 2.37. The molecule has 2 fully saturated rings. The third-order valence-electron chi connectivity index (χ3n) is 4.81. The number of rotatable bonds is 6. The second kappa shape index (κ2) is 6.78. The Morgan fingerprint density at radius 2 is 2.05 bits per heavy atom. The van der Waals surface area contributed by atoms with E-state index < -0.39 is 0 Å². The summed E-state index contributed by atoms with van der Waals surface area (Å²) >= 11 is 0. The monoisotopic (exact) mass is 287 g/mol. The van der Waals surface area contributed by atoms with Crippen LogP contribution in [-0.2, 0) is 0 Å². The summed E-state index contributed by atoms with van der Waals surface area (Å²) in [5, 5.41) is 3.62. The molecule has 0 atom stereocenters. The van der Waals surface area contributed by atoms with Crippen molar-refractivity contribution in [3.63, 3.8) is 0 Å². The number of hydrogen-bond donors (Lipinski definition) is 1. The molecule has 0 amide bonds. The number of nitrogens with zero attached hydrogens (tertiary/aromatic N) is 2. The average molecular weight is 287 g/mol. The quantitative estimate of drug-likeness (QED) is 0.850. The predicted molar refractivity (Wildman–Crippen MR) is 88.2 cm³/mol. The number of nitrogens with one attached hydrogen (secondary N) is 1. The SMILES string of the molecule is CC(C)NCC(=Cc1cncn1C1CC1)C1CCCCC1. The molecule has 0 spiro atoms. The summed E-state index contributed by atoms with van der Waals surface area (Å²) < 4.78 is 2.37. The van der Waals surface area contributed by atoms with Crippen molar-refractivity contribution in [1.82, 2.24) is 14.9 Å². The largest absolute Gasteiger partial charge is 0.328 e. The van der Waals surface area contributed by atoms with Gasteiger partial charge in [-0.2, -0.15) is 0 Å². The summed E-state index contributed by atoms with van der Waals surface area (Å²) in [7, 11) is 0. The molecule has 1 N–H and O–H groups in total. The maximum Gasteiger partial charge on any atom is 0.0953 e. The summed E-state index contributed by atoms with van der Waals surface area (Å²) in [6, 6.07) is 1.26. The van der Waals surface area contributed by atoms with E-state index in [1.165, 1.54) is 50.6 Å². The second-order valence-electron chi connectivity index (χ2n) is 7.05. The van der Waals surface area contributed by atoms with Crippen molar-refractivity contribution in [2.45, 2.75) is 70.9 Å². The molecule has 3 rings (SSSR count). The van der Waals surface area contributed by atoms with E-state index in [2.05, 4.69) is 34.8 Å². The first kappa shape index (κ1) is 14.8. The summed E-state index contributed by atoms with van der Waals surface area (Å²) in [6.45, 7) is 5.48. The zero-order chi connectivity index (χ0) is 14.7. The van der Waals surface area contributed by atoms with E-state index in [1.807, 2.05) is 12.5 Å². The van der Waals surface area contributed by atoms with E-state index >= 15 is 0 Å². The van der Waals surface area contributed by atoms with Crippen LogP contribution in [0.15, 0.2) is 18.1 Å². The van der Waals surface area contributed by atoms with Crippen LogP contribution in [0, 0.1) is 5.92 Å². The normalized spacial score (nSPS) is 21.2. The number of aromatic nitrogens is 2. The van der Waals surface area contributed by atoms with E-state index in [1.54, 1.807) is 5.57 Å². The summed E-state index contributed by atoms with van der Waals surface area (Å²) in [5.74, 6) is 0.771. The molecule has 0 unspecified atom stereocenters. The molecular formula is C18H29N3. The molecule has 2 saturated carbocycles. The van der Waals surface area contributed by atoms with Gasteiger partial charge in [-0.25, -0.2) is 4.98 Å². The van der Waals surface area contributed by atoms with Gasteiger partial charge < -0.3 is 9.88 Å². The van der Waals surface area contributed by atoms with Crippen molar-refractivity contribution in [2.75, 3.05) is 6.54 Å². The molecule has 1 aromatic rings. The van der Waals surface area contributed by atoms with E-state index in [4.69, 9.17) is 0 Å². The van der Waals surface area contributed by atoms with Gasteiger partial charge in [0.1, 0.15) is 0 Å². The van der Waals surface area contributed by atoms with E-state index in [0.717, 1.165) is 12.5 Å². The van der Waals surface area contributed by atoms with Crippen molar-refractivity contribution in [3.8, 4) is 0 Å². The van der Waals surface area contributed by atoms with Crippen molar-refractivity contribution >= 4 is 6.08 Å². The molecule has 0 saturated heterocycles. The summed E-state index contributed by atoms with van der Waals surface area (Å²) in [4.78, 5) is 4.37. The Labute approximate surface area is 128 Å². The van der Waals surface area contributed by atoms with Crippen LogP contribution < -0.4 is 5.32 Å². The molecule has 2 aliphatic rings. The fourth-order valence-corrected chi connectivity index (χ4v) is 3.38. The van der Waals surface area contributed by atoms with Gasteiger partial charge in [0.2, 0.25) is 0 Å². The molecule has 2 aliphatic carbocycles. The number of hydrogen-bond acceptors (Lipinski definition) is 2. The third kappa shape index (κ3) is 3.97. The molecule has 0 aliphatic heterocycles. The third-order valence-corrected chi connectivity index (χ3v) is 4.81. The Balaban J connectivity index is 1.78. The first-order valence-corrected chi connectivity index (χ1v) is 8.69. The standard InChI is InChI=1S/C18H29N3/c1-14(2)20-11-16(15-6-4-3-5-7-15)10-18-12-19-13-21(18)17-8-9-17/h10,12-15,17,20H,3-9,11H2,1-2H3. The molecule has 0 aromatic carbocycles. The highest BCUT2D eigenvalue weighted by Gasteiger charge is 2.25. The highest BCUT2D eigenvalue weighted by molar-refractivity contribution is 5.50. The maximum absolute atomic E-state index is 4.37. The lowest BCUT2D eigenvalue weighted by molar-refractivity contribution is 0.394. The van der Waals surface area contributed by atoms with Gasteiger partial charge >= 0.3 is 0 Å². The van der Waals surface area contributed by atoms with E-state index in [0.29, 0.717) is 12.1 Å². The molecule has 0 radical (unpaired) electrons. The van der Waals surface area contributed by atoms with Crippen molar-refractivity contribution in [3.05, 3.63) is 23.8 Å². The van der Waals surface area contributed by atoms with Crippen molar-refractivity contribution < 1.29 is 0 Å². The van der Waals surface area contributed by atoms with Crippen LogP contribution in [0.2, 0.25) is 0 Å². The highest BCUT2D eigenvalue weighted by atomic mass is 15.1. The van der Waals surface area contributed by atoms with Gasteiger partial charge in [0.05, 0.1) is 18.2 Å². The van der Waals surface area contributed by atoms with E-state index in [-0.39, 0.29) is 0 Å². The van der Waals surface area contributed by atoms with Crippen LogP contribution in [0.1, 0.15) is 70.5 Å². The number of imidazole rings is 1. The average Bonchev–Trinajstić information content (AvgIpc) is 3.23. The van der Waals surface area contributed by atoms with Gasteiger partial charge in [-0.3, -0.25) is 0 Å². The molecular weight excluding hydrogens is 258 g/mol. The Bertz CT molecular complexity index is 476. The molecule has 3 heteroatoms. The predicted octanol–water partition coefficient (Wildman–Crippen LogP) is 4.18. The zero-order valence-electron chi connectivity index (χ0n) is 13.5. The van der Waals surface area contributed by atoms with Crippen LogP contribution in [0.25, 0.3) is 6.08 Å². The maximum atomic E-state index is 4.37. The van der Waals surface area contributed by atoms with Crippen LogP contribution in [-0.4, -0.2) is 22.1 Å². The molecule has 21 heavy (non-hydrogen) atoms. The minimum Gasteiger partial charge on any atom is -0.328 e. The Morgan fingerprint density at radius 1 is 1.29 bits per heavy atom. The smallest absolute Gasteiger partial charge is 0.0953 e. The fraction of sp³-hybridized carbons (Fsp3) is 0.722. The molecule has 116 valence electrons. The van der Waals surface area contributed by atoms with E-state index in [9.17, 15) is 0 Å². The topological polar surface area (TPSA) is 29.9 Å². The van der Waals surface area contributed by atoms with Crippen LogP contribution in [0.4, 0.5) is 0 Å². The van der Waals surface area contributed by atoms with Crippen LogP contribution >= 0.6 is 0 Å². The zero-order valence-corrected chi connectivity index (χ0v) is 13.5. The van der Waals surface area contributed by atoms with Gasteiger partial charge in [-0.15, -0.1) is 0 Å². The minimum absolute atomic E-state index is 0.547. The van der Waals surface area contributed by atoms with Crippen molar-refractivity contribution in [2.24, 2.45) is 5.92 Å². The van der Waals surface area contributed by atoms with Crippen LogP contribution in [0.3, 0.4) is 0 Å². The van der Waals surface area contributed by atoms with Gasteiger partial charge in [0.15, 0.2) is 0 Å². The summed E-state index contributed by atoms with van der Waals surface area (Å²) in [6.07, 6.45) is 16.1. The molecule has 3 nitrogen and oxygen atoms in total. The summed E-state index contributed by atoms with van der Waals surface area (Å²) in [5.41, 5.74) is 2.90. The van der Waals surface area contributed by atoms with Crippen LogP contribution in [0.5, 0.6) is 0 Å². The first-order valence-electron chi connectivity index (χ1n) is 8.69. The lowest BCUT2D eigenvalue weighted by Gasteiger charge is -2.26. The second-order valence-corrected chi connectivity index (χ2v) is 7.05. The first-order chi connectivity index (χ1) is 10.2. The molecule has 1 heterocycles. The molecule has 1 aromatic heterocycles. The van der Waals surface area contributed by atoms with Gasteiger partial charge in [0, 0.05) is 18.6 Å². The fourth-order valence-electron chi connectivity index (χ4n) is 3.38. The Hall–Kier alpha value is -1.09. The lowest BCUT2D eigenvalue weighted by atomic mass is 9.83. The van der Waals surface area contributed by atoms with Gasteiger partial charge in [-0.1, -0.05) is 38.7 Å². The van der Waals surface area contributed by atoms with Gasteiger partial charge in [-0.05, 0) is 37.7 Å².